The Hall–Kier alpha value is -3.13. The average Bonchev–Trinajstić information content (AvgIpc) is 3.15. The number of aromatic nitrogens is 3. The van der Waals surface area contributed by atoms with Crippen LogP contribution in [0.4, 0.5) is 20.3 Å². The van der Waals surface area contributed by atoms with Gasteiger partial charge in [-0.25, -0.2) is 14.4 Å². The van der Waals surface area contributed by atoms with Crippen LogP contribution in [0, 0.1) is 11.6 Å². The molecular weight excluding hydrogens is 382 g/mol. The molecule has 5 nitrogen and oxygen atoms in total. The van der Waals surface area contributed by atoms with Crippen LogP contribution in [-0.2, 0) is 0 Å². The van der Waals surface area contributed by atoms with E-state index >= 15 is 0 Å². The number of imidazole rings is 1. The number of benzene rings is 2. The van der Waals surface area contributed by atoms with Crippen LogP contribution in [-0.4, -0.2) is 27.7 Å². The van der Waals surface area contributed by atoms with Crippen molar-refractivity contribution in [3.05, 3.63) is 66.6 Å². The maximum atomic E-state index is 14.5. The van der Waals surface area contributed by atoms with Crippen LogP contribution in [0.2, 0.25) is 0 Å². The molecule has 8 heteroatoms. The second-order valence-electron chi connectivity index (χ2n) is 5.91. The Morgan fingerprint density at radius 2 is 1.82 bits per heavy atom. The molecule has 2 aromatic heterocycles. The van der Waals surface area contributed by atoms with E-state index in [2.05, 4.69) is 15.3 Å². The van der Waals surface area contributed by atoms with Crippen LogP contribution >= 0.6 is 11.8 Å². The molecule has 0 saturated heterocycles. The predicted octanol–water partition coefficient (Wildman–Crippen LogP) is 5.15. The summed E-state index contributed by atoms with van der Waals surface area (Å²) in [6.07, 6.45) is 6.73. The molecule has 142 valence electrons. The Balaban J connectivity index is 1.75. The summed E-state index contributed by atoms with van der Waals surface area (Å²) in [5.41, 5.74) is 1.86. The minimum absolute atomic E-state index is 0.0901. The fourth-order valence-corrected chi connectivity index (χ4v) is 3.31. The number of anilines is 2. The van der Waals surface area contributed by atoms with Crippen molar-refractivity contribution in [1.82, 2.24) is 14.4 Å². The van der Waals surface area contributed by atoms with E-state index in [-0.39, 0.29) is 11.3 Å². The van der Waals surface area contributed by atoms with E-state index in [9.17, 15) is 8.78 Å². The van der Waals surface area contributed by atoms with Crippen molar-refractivity contribution in [2.45, 2.75) is 4.90 Å². The van der Waals surface area contributed by atoms with Crippen molar-refractivity contribution in [2.24, 2.45) is 0 Å². The fraction of sp³-hybridized carbons (Fsp3) is 0.100. The van der Waals surface area contributed by atoms with Crippen LogP contribution in [0.15, 0.2) is 59.9 Å². The van der Waals surface area contributed by atoms with Gasteiger partial charge >= 0.3 is 0 Å². The van der Waals surface area contributed by atoms with E-state index in [1.54, 1.807) is 28.6 Å². The van der Waals surface area contributed by atoms with E-state index in [1.165, 1.54) is 25.4 Å². The average molecular weight is 398 g/mol. The summed E-state index contributed by atoms with van der Waals surface area (Å²) >= 11 is 1.66. The molecule has 0 saturated carbocycles. The number of hydrogen-bond acceptors (Lipinski definition) is 5. The number of halogens is 2. The minimum atomic E-state index is -1.03. The molecule has 4 rings (SSSR count). The highest BCUT2D eigenvalue weighted by atomic mass is 32.2. The Morgan fingerprint density at radius 3 is 2.54 bits per heavy atom. The molecule has 2 heterocycles. The number of nitrogens with one attached hydrogen (secondary N) is 1. The maximum Gasteiger partial charge on any atom is 0.201 e. The summed E-state index contributed by atoms with van der Waals surface area (Å²) < 4.78 is 35.1. The van der Waals surface area contributed by atoms with Crippen LogP contribution in [0.3, 0.4) is 0 Å². The lowest BCUT2D eigenvalue weighted by molar-refractivity contribution is 0.372. The summed E-state index contributed by atoms with van der Waals surface area (Å²) in [6.45, 7) is 0. The molecule has 0 fully saturated rings. The lowest BCUT2D eigenvalue weighted by Crippen LogP contribution is -2.00. The minimum Gasteiger partial charge on any atom is -0.494 e. The standard InChI is InChI=1S/C20H16F2N4OS/c1-27-16-8-7-14(17(21)18(16)22)15-11-24-20-19(23-9-10-26(15)20)25-12-3-5-13(28-2)6-4-12/h3-11H,1-2H3,(H,23,25). The van der Waals surface area contributed by atoms with Gasteiger partial charge in [-0.1, -0.05) is 0 Å². The second-order valence-corrected chi connectivity index (χ2v) is 6.79. The largest absolute Gasteiger partial charge is 0.494 e. The van der Waals surface area contributed by atoms with Gasteiger partial charge in [-0.05, 0) is 42.7 Å². The third-order valence-corrected chi connectivity index (χ3v) is 5.07. The van der Waals surface area contributed by atoms with Crippen molar-refractivity contribution in [3.8, 4) is 17.0 Å². The van der Waals surface area contributed by atoms with Crippen molar-refractivity contribution in [2.75, 3.05) is 18.7 Å². The van der Waals surface area contributed by atoms with E-state index in [4.69, 9.17) is 4.74 Å². The molecule has 0 spiro atoms. The molecule has 4 aromatic rings. The fourth-order valence-electron chi connectivity index (χ4n) is 2.90. The number of methoxy groups -OCH3 is 1. The van der Waals surface area contributed by atoms with Gasteiger partial charge in [-0.2, -0.15) is 4.39 Å². The summed E-state index contributed by atoms with van der Waals surface area (Å²) in [7, 11) is 1.29. The first-order valence-electron chi connectivity index (χ1n) is 8.38. The lowest BCUT2D eigenvalue weighted by atomic mass is 10.1. The molecule has 1 N–H and O–H groups in total. The number of hydrogen-bond donors (Lipinski definition) is 1. The molecule has 0 aliphatic heterocycles. The molecule has 0 amide bonds. The lowest BCUT2D eigenvalue weighted by Gasteiger charge is -2.09. The van der Waals surface area contributed by atoms with Gasteiger partial charge in [0.05, 0.1) is 19.0 Å². The van der Waals surface area contributed by atoms with Crippen molar-refractivity contribution in [1.29, 1.82) is 0 Å². The zero-order chi connectivity index (χ0) is 19.7. The van der Waals surface area contributed by atoms with Crippen LogP contribution in [0.1, 0.15) is 0 Å². The van der Waals surface area contributed by atoms with Gasteiger partial charge in [-0.3, -0.25) is 4.40 Å². The van der Waals surface area contributed by atoms with Crippen LogP contribution in [0.25, 0.3) is 16.9 Å². The normalized spacial score (nSPS) is 11.0. The van der Waals surface area contributed by atoms with Gasteiger partial charge in [0.2, 0.25) is 5.82 Å². The SMILES string of the molecule is COc1ccc(-c2cnc3c(Nc4ccc(SC)cc4)nccn23)c(F)c1F. The zero-order valence-electron chi connectivity index (χ0n) is 15.1. The number of nitrogens with zero attached hydrogens (tertiary/aromatic N) is 3. The molecule has 2 aromatic carbocycles. The Morgan fingerprint density at radius 1 is 1.04 bits per heavy atom. The molecule has 0 bridgehead atoms. The Bertz CT molecular complexity index is 1150. The number of rotatable bonds is 5. The third kappa shape index (κ3) is 3.16. The molecule has 0 aliphatic carbocycles. The van der Waals surface area contributed by atoms with Crippen molar-refractivity contribution < 1.29 is 13.5 Å². The highest BCUT2D eigenvalue weighted by Gasteiger charge is 2.19. The maximum absolute atomic E-state index is 14.5. The first-order chi connectivity index (χ1) is 13.6. The smallest absolute Gasteiger partial charge is 0.201 e. The molecule has 28 heavy (non-hydrogen) atoms. The van der Waals surface area contributed by atoms with Gasteiger partial charge in [0, 0.05) is 28.5 Å². The Labute approximate surface area is 164 Å². The summed E-state index contributed by atoms with van der Waals surface area (Å²) in [4.78, 5) is 9.83. The monoisotopic (exact) mass is 398 g/mol. The highest BCUT2D eigenvalue weighted by molar-refractivity contribution is 7.98. The number of fused-ring (bicyclic) bond motifs is 1. The summed E-state index contributed by atoms with van der Waals surface area (Å²) in [5.74, 6) is -1.65. The van der Waals surface area contributed by atoms with E-state index in [0.717, 1.165) is 10.6 Å². The van der Waals surface area contributed by atoms with Gasteiger partial charge in [0.1, 0.15) is 0 Å². The van der Waals surface area contributed by atoms with E-state index < -0.39 is 11.6 Å². The molecule has 0 unspecified atom stereocenters. The van der Waals surface area contributed by atoms with Crippen LogP contribution in [0.5, 0.6) is 5.75 Å². The number of ether oxygens (including phenoxy) is 1. The first-order valence-corrected chi connectivity index (χ1v) is 9.60. The molecule has 0 atom stereocenters. The zero-order valence-corrected chi connectivity index (χ0v) is 15.9. The third-order valence-electron chi connectivity index (χ3n) is 4.32. The highest BCUT2D eigenvalue weighted by Crippen LogP contribution is 2.31. The van der Waals surface area contributed by atoms with Crippen LogP contribution < -0.4 is 10.1 Å². The van der Waals surface area contributed by atoms with Gasteiger partial charge in [0.15, 0.2) is 23.0 Å². The van der Waals surface area contributed by atoms with Crippen molar-refractivity contribution >= 4 is 28.9 Å². The van der Waals surface area contributed by atoms with E-state index in [1.807, 2.05) is 30.5 Å². The van der Waals surface area contributed by atoms with E-state index in [0.29, 0.717) is 17.2 Å². The van der Waals surface area contributed by atoms with Crippen molar-refractivity contribution in [3.63, 3.8) is 0 Å². The summed E-state index contributed by atoms with van der Waals surface area (Å²) in [5, 5.41) is 3.22. The quantitative estimate of drug-likeness (QED) is 0.471. The predicted molar refractivity (Wildman–Crippen MR) is 106 cm³/mol. The molecular formula is C20H16F2N4OS. The second kappa shape index (κ2) is 7.47. The van der Waals surface area contributed by atoms with Gasteiger partial charge in [0.25, 0.3) is 0 Å². The van der Waals surface area contributed by atoms with Gasteiger partial charge < -0.3 is 10.1 Å². The molecule has 0 aliphatic rings. The first kappa shape index (κ1) is 18.2. The topological polar surface area (TPSA) is 51.5 Å². The molecule has 0 radical (unpaired) electrons. The van der Waals surface area contributed by atoms with Gasteiger partial charge in [-0.15, -0.1) is 11.8 Å². The summed E-state index contributed by atoms with van der Waals surface area (Å²) in [6, 6.07) is 10.7. The Kier molecular flexibility index (Phi) is 4.87. The number of thioether (sulfide) groups is 1.